The highest BCUT2D eigenvalue weighted by Crippen LogP contribution is 2.28. The van der Waals surface area contributed by atoms with Crippen molar-refractivity contribution in [2.24, 2.45) is 0 Å². The summed E-state index contributed by atoms with van der Waals surface area (Å²) in [4.78, 5) is 0. The minimum atomic E-state index is 0.274. The Labute approximate surface area is 127 Å². The van der Waals surface area contributed by atoms with Crippen LogP contribution in [0.2, 0.25) is 5.02 Å². The smallest absolute Gasteiger partial charge is 0.0490 e. The number of nitrogens with one attached hydrogen (secondary N) is 1. The maximum Gasteiger partial charge on any atom is 0.0490 e. The highest BCUT2D eigenvalue weighted by atomic mass is 35.5. The van der Waals surface area contributed by atoms with Crippen molar-refractivity contribution in [3.05, 3.63) is 63.2 Å². The second-order valence-corrected chi connectivity index (χ2v) is 6.07. The van der Waals surface area contributed by atoms with Crippen LogP contribution in [0.3, 0.4) is 0 Å². The zero-order chi connectivity index (χ0) is 14.9. The molecule has 0 radical (unpaired) electrons. The third kappa shape index (κ3) is 3.16. The van der Waals surface area contributed by atoms with Crippen LogP contribution < -0.4 is 5.32 Å². The van der Waals surface area contributed by atoms with Crippen LogP contribution in [0.15, 0.2) is 30.3 Å². The Hall–Kier alpha value is -1.47. The molecule has 0 amide bonds. The molecule has 0 aliphatic heterocycles. The molecular weight excluding hydrogens is 266 g/mol. The summed E-state index contributed by atoms with van der Waals surface area (Å²) in [6, 6.07) is 10.7. The number of anilines is 1. The summed E-state index contributed by atoms with van der Waals surface area (Å²) in [7, 11) is 0. The molecule has 0 aliphatic rings. The van der Waals surface area contributed by atoms with E-state index in [9.17, 15) is 0 Å². The molecule has 2 heteroatoms. The number of hydrogen-bond acceptors (Lipinski definition) is 1. The monoisotopic (exact) mass is 287 g/mol. The van der Waals surface area contributed by atoms with Gasteiger partial charge in [-0.1, -0.05) is 29.3 Å². The molecule has 1 nitrogen and oxygen atoms in total. The molecular formula is C18H22ClN. The van der Waals surface area contributed by atoms with Crippen LogP contribution in [0.1, 0.15) is 40.8 Å². The van der Waals surface area contributed by atoms with Crippen molar-refractivity contribution >= 4 is 17.3 Å². The van der Waals surface area contributed by atoms with Gasteiger partial charge in [-0.25, -0.2) is 0 Å². The van der Waals surface area contributed by atoms with Crippen molar-refractivity contribution < 1.29 is 0 Å². The molecule has 0 saturated carbocycles. The van der Waals surface area contributed by atoms with E-state index < -0.39 is 0 Å². The van der Waals surface area contributed by atoms with Gasteiger partial charge in [0.05, 0.1) is 0 Å². The van der Waals surface area contributed by atoms with Crippen LogP contribution in [-0.2, 0) is 0 Å². The summed E-state index contributed by atoms with van der Waals surface area (Å²) < 4.78 is 0. The van der Waals surface area contributed by atoms with Gasteiger partial charge in [-0.15, -0.1) is 0 Å². The Bertz CT molecular complexity index is 608. The van der Waals surface area contributed by atoms with Gasteiger partial charge in [-0.05, 0) is 75.1 Å². The van der Waals surface area contributed by atoms with Crippen LogP contribution in [0.4, 0.5) is 5.69 Å². The first-order valence-electron chi connectivity index (χ1n) is 6.99. The predicted molar refractivity (Wildman–Crippen MR) is 88.9 cm³/mol. The van der Waals surface area contributed by atoms with E-state index in [1.54, 1.807) is 0 Å². The molecule has 2 aromatic rings. The molecule has 0 saturated heterocycles. The quantitative estimate of drug-likeness (QED) is 0.758. The molecule has 0 aromatic heterocycles. The third-order valence-electron chi connectivity index (χ3n) is 3.73. The van der Waals surface area contributed by atoms with Crippen molar-refractivity contribution in [1.82, 2.24) is 0 Å². The lowest BCUT2D eigenvalue weighted by Gasteiger charge is -2.22. The van der Waals surface area contributed by atoms with Gasteiger partial charge >= 0.3 is 0 Å². The van der Waals surface area contributed by atoms with Gasteiger partial charge in [-0.2, -0.15) is 0 Å². The number of hydrogen-bond donors (Lipinski definition) is 1. The van der Waals surface area contributed by atoms with Crippen LogP contribution in [0, 0.1) is 27.7 Å². The Balaban J connectivity index is 2.31. The molecule has 1 N–H and O–H groups in total. The lowest BCUT2D eigenvalue weighted by molar-refractivity contribution is 0.860. The van der Waals surface area contributed by atoms with E-state index in [2.05, 4.69) is 52.1 Å². The highest BCUT2D eigenvalue weighted by molar-refractivity contribution is 6.30. The fourth-order valence-electron chi connectivity index (χ4n) is 2.97. The third-order valence-corrected chi connectivity index (χ3v) is 3.97. The topological polar surface area (TPSA) is 12.0 Å². The number of rotatable bonds is 3. The molecule has 2 aromatic carbocycles. The Kier molecular flexibility index (Phi) is 4.39. The zero-order valence-corrected chi connectivity index (χ0v) is 13.6. The van der Waals surface area contributed by atoms with E-state index in [0.29, 0.717) is 0 Å². The van der Waals surface area contributed by atoms with E-state index in [0.717, 1.165) is 10.7 Å². The Morgan fingerprint density at radius 1 is 0.900 bits per heavy atom. The molecule has 106 valence electrons. The fourth-order valence-corrected chi connectivity index (χ4v) is 3.20. The van der Waals surface area contributed by atoms with Crippen molar-refractivity contribution in [1.29, 1.82) is 0 Å². The summed E-state index contributed by atoms with van der Waals surface area (Å²) in [5.41, 5.74) is 7.69. The fraction of sp³-hybridized carbons (Fsp3) is 0.333. The van der Waals surface area contributed by atoms with E-state index >= 15 is 0 Å². The van der Waals surface area contributed by atoms with E-state index in [-0.39, 0.29) is 6.04 Å². The van der Waals surface area contributed by atoms with Gasteiger partial charge in [0.15, 0.2) is 0 Å². The van der Waals surface area contributed by atoms with E-state index in [4.69, 9.17) is 11.6 Å². The first-order valence-corrected chi connectivity index (χ1v) is 7.36. The van der Waals surface area contributed by atoms with Crippen LogP contribution in [0.5, 0.6) is 0 Å². The summed E-state index contributed by atoms with van der Waals surface area (Å²) in [6.45, 7) is 10.8. The minimum absolute atomic E-state index is 0.274. The number of halogens is 1. The van der Waals surface area contributed by atoms with Crippen molar-refractivity contribution in [3.8, 4) is 0 Å². The normalized spacial score (nSPS) is 12.3. The van der Waals surface area contributed by atoms with E-state index in [1.807, 2.05) is 18.2 Å². The Morgan fingerprint density at radius 3 is 2.05 bits per heavy atom. The van der Waals surface area contributed by atoms with Crippen LogP contribution in [0.25, 0.3) is 0 Å². The minimum Gasteiger partial charge on any atom is -0.378 e. The molecule has 1 unspecified atom stereocenters. The first-order chi connectivity index (χ1) is 9.38. The first kappa shape index (κ1) is 14.9. The molecule has 1 atom stereocenters. The second kappa shape index (κ2) is 5.88. The molecule has 0 bridgehead atoms. The SMILES string of the molecule is Cc1cc(C)c(C(C)Nc2ccc(Cl)cc2C)c(C)c1. The van der Waals surface area contributed by atoms with Gasteiger partial charge in [0.25, 0.3) is 0 Å². The predicted octanol–water partition coefficient (Wildman–Crippen LogP) is 5.75. The van der Waals surface area contributed by atoms with Gasteiger partial charge < -0.3 is 5.32 Å². The van der Waals surface area contributed by atoms with Gasteiger partial charge in [-0.3, -0.25) is 0 Å². The van der Waals surface area contributed by atoms with Gasteiger partial charge in [0, 0.05) is 16.8 Å². The maximum absolute atomic E-state index is 6.01. The summed E-state index contributed by atoms with van der Waals surface area (Å²) >= 11 is 6.01. The van der Waals surface area contributed by atoms with Crippen molar-refractivity contribution in [2.75, 3.05) is 5.32 Å². The highest BCUT2D eigenvalue weighted by Gasteiger charge is 2.12. The Morgan fingerprint density at radius 2 is 1.50 bits per heavy atom. The second-order valence-electron chi connectivity index (χ2n) is 5.64. The van der Waals surface area contributed by atoms with Crippen LogP contribution in [-0.4, -0.2) is 0 Å². The average Bonchev–Trinajstić information content (AvgIpc) is 2.31. The van der Waals surface area contributed by atoms with Gasteiger partial charge in [0.1, 0.15) is 0 Å². The lowest BCUT2D eigenvalue weighted by Crippen LogP contribution is -2.11. The summed E-state index contributed by atoms with van der Waals surface area (Å²) in [5.74, 6) is 0. The largest absolute Gasteiger partial charge is 0.378 e. The molecule has 0 fully saturated rings. The van der Waals surface area contributed by atoms with E-state index in [1.165, 1.54) is 27.8 Å². The van der Waals surface area contributed by atoms with Crippen molar-refractivity contribution in [3.63, 3.8) is 0 Å². The lowest BCUT2D eigenvalue weighted by atomic mass is 9.94. The number of aryl methyl sites for hydroxylation is 4. The standard InChI is InChI=1S/C18H22ClN/c1-11-8-13(3)18(14(4)9-11)15(5)20-17-7-6-16(19)10-12(17)2/h6-10,15,20H,1-5H3. The van der Waals surface area contributed by atoms with Crippen LogP contribution >= 0.6 is 11.6 Å². The zero-order valence-electron chi connectivity index (χ0n) is 12.8. The summed E-state index contributed by atoms with van der Waals surface area (Å²) in [6.07, 6.45) is 0. The maximum atomic E-state index is 6.01. The summed E-state index contributed by atoms with van der Waals surface area (Å²) in [5, 5.41) is 4.38. The molecule has 20 heavy (non-hydrogen) atoms. The average molecular weight is 288 g/mol. The molecule has 0 aliphatic carbocycles. The molecule has 0 spiro atoms. The number of benzene rings is 2. The molecule has 0 heterocycles. The molecule has 2 rings (SSSR count). The van der Waals surface area contributed by atoms with Crippen molar-refractivity contribution in [2.45, 2.75) is 40.7 Å². The van der Waals surface area contributed by atoms with Gasteiger partial charge in [0.2, 0.25) is 0 Å².